The number of hydrogen-bond acceptors (Lipinski definition) is 5. The molecule has 0 aliphatic heterocycles. The number of phenols is 4. The SMILES string of the molecule is Oc1c(O)c(N(c2ccccc2)c2ccc3c(c2)C(c2ccccc2)(c2ccccc2)c2ccccc2-3)c(O)c(O)c1-c1cc2ccccc2c2ccccc12. The van der Waals surface area contributed by atoms with E-state index in [0.29, 0.717) is 16.9 Å². The van der Waals surface area contributed by atoms with E-state index >= 15 is 0 Å². The standard InChI is InChI=1S/C51H35NO4/c53-47-45(42-30-32-16-10-11-23-37(32)38-24-12-13-25-39(38)42)48(54)50(56)46(49(47)55)52(35-21-8-3-9-22-35)36-28-29-41-40-26-14-15-27-43(40)51(44(41)31-36,33-17-4-1-5-18-33)34-19-6-2-7-20-34/h1-31,53-56H. The van der Waals surface area contributed by atoms with Crippen LogP contribution >= 0.6 is 0 Å². The predicted molar refractivity (Wildman–Crippen MR) is 226 cm³/mol. The molecule has 5 heteroatoms. The average Bonchev–Trinajstić information content (AvgIpc) is 3.56. The fraction of sp³-hybridized carbons (Fsp3) is 0.0196. The highest BCUT2D eigenvalue weighted by Crippen LogP contribution is 2.61. The molecule has 1 aliphatic rings. The Balaban J connectivity index is 1.24. The van der Waals surface area contributed by atoms with Crippen molar-refractivity contribution in [2.75, 3.05) is 4.90 Å². The second-order valence-corrected chi connectivity index (χ2v) is 14.2. The maximum Gasteiger partial charge on any atom is 0.186 e. The van der Waals surface area contributed by atoms with Gasteiger partial charge in [0.2, 0.25) is 0 Å². The number of aromatic hydroxyl groups is 4. The number of phenolic OH excluding ortho intramolecular Hbond substituents is 4. The van der Waals surface area contributed by atoms with Crippen LogP contribution in [0.1, 0.15) is 22.3 Å². The molecule has 0 saturated heterocycles. The highest BCUT2D eigenvalue weighted by atomic mass is 16.3. The third-order valence-electron chi connectivity index (χ3n) is 11.3. The molecule has 0 aromatic heterocycles. The summed E-state index contributed by atoms with van der Waals surface area (Å²) in [6, 6.07) is 62.3. The third-order valence-corrected chi connectivity index (χ3v) is 11.3. The van der Waals surface area contributed by atoms with E-state index in [0.717, 1.165) is 54.9 Å². The summed E-state index contributed by atoms with van der Waals surface area (Å²) in [7, 11) is 0. The molecule has 0 heterocycles. The lowest BCUT2D eigenvalue weighted by Gasteiger charge is -2.35. The van der Waals surface area contributed by atoms with E-state index in [-0.39, 0.29) is 11.3 Å². The summed E-state index contributed by atoms with van der Waals surface area (Å²) in [5.41, 5.74) is 7.27. The fourth-order valence-electron chi connectivity index (χ4n) is 8.97. The van der Waals surface area contributed by atoms with E-state index in [1.165, 1.54) is 0 Å². The fourth-order valence-corrected chi connectivity index (χ4v) is 8.97. The van der Waals surface area contributed by atoms with Crippen molar-refractivity contribution in [3.05, 3.63) is 210 Å². The van der Waals surface area contributed by atoms with Crippen LogP contribution < -0.4 is 4.90 Å². The summed E-state index contributed by atoms with van der Waals surface area (Å²) in [5.74, 6) is -2.24. The Labute approximate surface area is 323 Å². The first-order valence-corrected chi connectivity index (χ1v) is 18.6. The van der Waals surface area contributed by atoms with Crippen molar-refractivity contribution in [3.63, 3.8) is 0 Å². The van der Waals surface area contributed by atoms with Gasteiger partial charge in [0.15, 0.2) is 23.0 Å². The molecule has 10 rings (SSSR count). The van der Waals surface area contributed by atoms with Gasteiger partial charge in [-0.25, -0.2) is 0 Å². The van der Waals surface area contributed by atoms with Crippen LogP contribution in [0.4, 0.5) is 17.1 Å². The molecular weight excluding hydrogens is 691 g/mol. The molecule has 0 radical (unpaired) electrons. The molecule has 5 nitrogen and oxygen atoms in total. The summed E-state index contributed by atoms with van der Waals surface area (Å²) in [6.45, 7) is 0. The zero-order valence-electron chi connectivity index (χ0n) is 30.1. The monoisotopic (exact) mass is 725 g/mol. The molecule has 56 heavy (non-hydrogen) atoms. The number of fused-ring (bicyclic) bond motifs is 6. The van der Waals surface area contributed by atoms with E-state index in [1.807, 2.05) is 103 Å². The molecule has 0 amide bonds. The highest BCUT2D eigenvalue weighted by Gasteiger charge is 2.46. The van der Waals surface area contributed by atoms with Crippen molar-refractivity contribution < 1.29 is 20.4 Å². The minimum Gasteiger partial charge on any atom is -0.504 e. The minimum absolute atomic E-state index is 0.0599. The van der Waals surface area contributed by atoms with E-state index in [1.54, 1.807) is 4.90 Å². The smallest absolute Gasteiger partial charge is 0.186 e. The maximum absolute atomic E-state index is 12.2. The van der Waals surface area contributed by atoms with Gasteiger partial charge in [0.25, 0.3) is 0 Å². The van der Waals surface area contributed by atoms with Crippen LogP contribution in [-0.2, 0) is 5.41 Å². The van der Waals surface area contributed by atoms with Crippen LogP contribution in [0.2, 0.25) is 0 Å². The lowest BCUT2D eigenvalue weighted by molar-refractivity contribution is 0.377. The number of benzene rings is 9. The first-order chi connectivity index (χ1) is 27.5. The van der Waals surface area contributed by atoms with Crippen LogP contribution in [0, 0.1) is 0 Å². The Kier molecular flexibility index (Phi) is 7.58. The Bertz CT molecular complexity index is 2890. The number of hydrogen-bond donors (Lipinski definition) is 4. The van der Waals surface area contributed by atoms with Gasteiger partial charge in [0, 0.05) is 11.4 Å². The number of nitrogens with zero attached hydrogens (tertiary/aromatic N) is 1. The lowest BCUT2D eigenvalue weighted by Crippen LogP contribution is -2.28. The topological polar surface area (TPSA) is 84.2 Å². The van der Waals surface area contributed by atoms with Crippen molar-refractivity contribution in [1.29, 1.82) is 0 Å². The average molecular weight is 726 g/mol. The molecule has 0 atom stereocenters. The Morgan fingerprint density at radius 2 is 0.875 bits per heavy atom. The molecule has 4 N–H and O–H groups in total. The number of anilines is 3. The summed E-state index contributed by atoms with van der Waals surface area (Å²) in [6.07, 6.45) is 0. The van der Waals surface area contributed by atoms with Gasteiger partial charge < -0.3 is 25.3 Å². The lowest BCUT2D eigenvalue weighted by atomic mass is 9.67. The van der Waals surface area contributed by atoms with Crippen LogP contribution in [0.3, 0.4) is 0 Å². The second-order valence-electron chi connectivity index (χ2n) is 14.2. The van der Waals surface area contributed by atoms with E-state index in [9.17, 15) is 20.4 Å². The quantitative estimate of drug-likeness (QED) is 0.0779. The third kappa shape index (κ3) is 4.74. The molecule has 0 unspecified atom stereocenters. The van der Waals surface area contributed by atoms with Gasteiger partial charge in [-0.3, -0.25) is 0 Å². The zero-order valence-corrected chi connectivity index (χ0v) is 30.1. The molecule has 0 spiro atoms. The summed E-state index contributed by atoms with van der Waals surface area (Å²) >= 11 is 0. The molecule has 1 aliphatic carbocycles. The zero-order chi connectivity index (χ0) is 38.0. The molecule has 9 aromatic carbocycles. The van der Waals surface area contributed by atoms with E-state index < -0.39 is 28.4 Å². The predicted octanol–water partition coefficient (Wildman–Crippen LogP) is 12.3. The van der Waals surface area contributed by atoms with E-state index in [4.69, 9.17) is 0 Å². The van der Waals surface area contributed by atoms with Crippen molar-refractivity contribution in [3.8, 4) is 45.3 Å². The maximum atomic E-state index is 12.2. The first kappa shape index (κ1) is 33.1. The molecule has 0 fully saturated rings. The van der Waals surface area contributed by atoms with Crippen LogP contribution in [0.25, 0.3) is 43.8 Å². The second kappa shape index (κ2) is 12.8. The van der Waals surface area contributed by atoms with Gasteiger partial charge >= 0.3 is 0 Å². The van der Waals surface area contributed by atoms with Crippen LogP contribution in [0.5, 0.6) is 23.0 Å². The normalized spacial score (nSPS) is 12.7. The molecule has 9 aromatic rings. The Morgan fingerprint density at radius 1 is 0.357 bits per heavy atom. The number of para-hydroxylation sites is 1. The van der Waals surface area contributed by atoms with Gasteiger partial charge in [-0.1, -0.05) is 158 Å². The van der Waals surface area contributed by atoms with Gasteiger partial charge in [-0.05, 0) is 90.8 Å². The van der Waals surface area contributed by atoms with Gasteiger partial charge in [0.1, 0.15) is 5.69 Å². The van der Waals surface area contributed by atoms with Crippen LogP contribution in [-0.4, -0.2) is 20.4 Å². The Hall–Kier alpha value is -7.50. The van der Waals surface area contributed by atoms with Gasteiger partial charge in [-0.15, -0.1) is 0 Å². The highest BCUT2D eigenvalue weighted by molar-refractivity contribution is 6.15. The summed E-state index contributed by atoms with van der Waals surface area (Å²) in [4.78, 5) is 1.69. The molecule has 268 valence electrons. The summed E-state index contributed by atoms with van der Waals surface area (Å²) in [5, 5.41) is 51.9. The minimum atomic E-state index is -0.706. The van der Waals surface area contributed by atoms with Crippen molar-refractivity contribution in [1.82, 2.24) is 0 Å². The molecular formula is C51H35NO4. The summed E-state index contributed by atoms with van der Waals surface area (Å²) < 4.78 is 0. The molecule has 0 bridgehead atoms. The first-order valence-electron chi connectivity index (χ1n) is 18.6. The number of rotatable bonds is 6. The van der Waals surface area contributed by atoms with E-state index in [2.05, 4.69) is 84.9 Å². The Morgan fingerprint density at radius 3 is 1.54 bits per heavy atom. The van der Waals surface area contributed by atoms with Crippen LogP contribution in [0.15, 0.2) is 188 Å². The van der Waals surface area contributed by atoms with Crippen molar-refractivity contribution >= 4 is 38.6 Å². The largest absolute Gasteiger partial charge is 0.504 e. The van der Waals surface area contributed by atoms with Gasteiger partial charge in [-0.2, -0.15) is 0 Å². The van der Waals surface area contributed by atoms with Crippen molar-refractivity contribution in [2.45, 2.75) is 5.41 Å². The molecule has 0 saturated carbocycles. The van der Waals surface area contributed by atoms with Gasteiger partial charge in [0.05, 0.1) is 11.0 Å². The van der Waals surface area contributed by atoms with Crippen molar-refractivity contribution in [2.24, 2.45) is 0 Å².